The van der Waals surface area contributed by atoms with Crippen LogP contribution in [0.1, 0.15) is 15.9 Å². The first-order valence-corrected chi connectivity index (χ1v) is 10.7. The molecule has 3 rings (SSSR count). The molecular formula is C20H20F2N2O6S. The first-order chi connectivity index (χ1) is 14.7. The van der Waals surface area contributed by atoms with Crippen molar-refractivity contribution in [2.24, 2.45) is 0 Å². The van der Waals surface area contributed by atoms with Crippen LogP contribution >= 0.6 is 0 Å². The van der Waals surface area contributed by atoms with Gasteiger partial charge in [-0.2, -0.15) is 4.31 Å². The highest BCUT2D eigenvalue weighted by molar-refractivity contribution is 7.89. The summed E-state index contributed by atoms with van der Waals surface area (Å²) in [7, 11) is -3.95. The number of morpholine rings is 1. The molecule has 0 aliphatic carbocycles. The Labute approximate surface area is 177 Å². The Kier molecular flexibility index (Phi) is 6.98. The van der Waals surface area contributed by atoms with E-state index in [1.165, 1.54) is 16.4 Å². The smallest absolute Gasteiger partial charge is 0.341 e. The van der Waals surface area contributed by atoms with Crippen LogP contribution in [0, 0.1) is 18.6 Å². The first-order valence-electron chi connectivity index (χ1n) is 9.29. The van der Waals surface area contributed by atoms with Crippen molar-refractivity contribution in [1.29, 1.82) is 0 Å². The maximum Gasteiger partial charge on any atom is 0.341 e. The Balaban J connectivity index is 1.67. The fourth-order valence-electron chi connectivity index (χ4n) is 2.83. The summed E-state index contributed by atoms with van der Waals surface area (Å²) < 4.78 is 64.2. The third kappa shape index (κ3) is 5.43. The lowest BCUT2D eigenvalue weighted by Crippen LogP contribution is -2.40. The number of sulfonamides is 1. The normalized spacial score (nSPS) is 14.8. The summed E-state index contributed by atoms with van der Waals surface area (Å²) in [6, 6.07) is 6.81. The second-order valence-electron chi connectivity index (χ2n) is 6.75. The first kappa shape index (κ1) is 22.8. The van der Waals surface area contributed by atoms with Gasteiger partial charge in [-0.25, -0.2) is 22.0 Å². The highest BCUT2D eigenvalue weighted by atomic mass is 32.2. The van der Waals surface area contributed by atoms with Gasteiger partial charge in [-0.3, -0.25) is 4.79 Å². The molecule has 0 unspecified atom stereocenters. The zero-order valence-corrected chi connectivity index (χ0v) is 17.4. The fraction of sp³-hybridized carbons (Fsp3) is 0.300. The molecule has 1 aliphatic rings. The number of esters is 1. The van der Waals surface area contributed by atoms with E-state index < -0.39 is 45.7 Å². The third-order valence-corrected chi connectivity index (χ3v) is 6.45. The van der Waals surface area contributed by atoms with Crippen LogP contribution in [0.15, 0.2) is 41.3 Å². The van der Waals surface area contributed by atoms with Crippen molar-refractivity contribution < 1.29 is 36.3 Å². The zero-order chi connectivity index (χ0) is 22.6. The van der Waals surface area contributed by atoms with E-state index in [-0.39, 0.29) is 36.9 Å². The number of carbonyl (C=O) groups excluding carboxylic acids is 2. The molecule has 1 aliphatic heterocycles. The molecule has 166 valence electrons. The topological polar surface area (TPSA) is 102 Å². The van der Waals surface area contributed by atoms with E-state index in [0.717, 1.165) is 24.3 Å². The van der Waals surface area contributed by atoms with Gasteiger partial charge < -0.3 is 14.8 Å². The maximum atomic E-state index is 14.1. The van der Waals surface area contributed by atoms with Gasteiger partial charge in [-0.1, -0.05) is 6.07 Å². The molecule has 1 fully saturated rings. The van der Waals surface area contributed by atoms with Crippen molar-refractivity contribution in [3.8, 4) is 0 Å². The molecule has 0 saturated carbocycles. The zero-order valence-electron chi connectivity index (χ0n) is 16.6. The number of aryl methyl sites for hydroxylation is 1. The number of benzene rings is 2. The van der Waals surface area contributed by atoms with Gasteiger partial charge in [0.2, 0.25) is 10.0 Å². The lowest BCUT2D eigenvalue weighted by molar-refractivity contribution is -0.119. The largest absolute Gasteiger partial charge is 0.452 e. The van der Waals surface area contributed by atoms with Crippen molar-refractivity contribution in [1.82, 2.24) is 4.31 Å². The van der Waals surface area contributed by atoms with Gasteiger partial charge in [-0.15, -0.1) is 0 Å². The summed E-state index contributed by atoms with van der Waals surface area (Å²) >= 11 is 0. The molecular weight excluding hydrogens is 434 g/mol. The molecule has 11 heteroatoms. The van der Waals surface area contributed by atoms with Crippen molar-refractivity contribution >= 4 is 27.6 Å². The Morgan fingerprint density at radius 1 is 1.10 bits per heavy atom. The summed E-state index contributed by atoms with van der Waals surface area (Å²) in [5.74, 6) is -3.49. The monoisotopic (exact) mass is 454 g/mol. The highest BCUT2D eigenvalue weighted by Gasteiger charge is 2.28. The number of nitrogens with one attached hydrogen (secondary N) is 1. The number of amides is 1. The molecule has 0 aromatic heterocycles. The van der Waals surface area contributed by atoms with Crippen molar-refractivity contribution in [2.45, 2.75) is 11.8 Å². The molecule has 0 bridgehead atoms. The highest BCUT2D eigenvalue weighted by Crippen LogP contribution is 2.21. The molecule has 0 spiro atoms. The van der Waals surface area contributed by atoms with Crippen LogP contribution in [0.5, 0.6) is 0 Å². The Bertz CT molecular complexity index is 1100. The molecule has 1 heterocycles. The minimum Gasteiger partial charge on any atom is -0.452 e. The fourth-order valence-corrected chi connectivity index (χ4v) is 4.27. The maximum absolute atomic E-state index is 14.1. The Hall–Kier alpha value is -2.89. The van der Waals surface area contributed by atoms with Gasteiger partial charge >= 0.3 is 5.97 Å². The Morgan fingerprint density at radius 3 is 2.48 bits per heavy atom. The minimum atomic E-state index is -3.95. The van der Waals surface area contributed by atoms with Gasteiger partial charge in [0.05, 0.1) is 23.7 Å². The van der Waals surface area contributed by atoms with Crippen LogP contribution in [-0.4, -0.2) is 57.5 Å². The predicted molar refractivity (Wildman–Crippen MR) is 106 cm³/mol. The van der Waals surface area contributed by atoms with E-state index in [1.54, 1.807) is 6.92 Å². The number of anilines is 1. The van der Waals surface area contributed by atoms with Crippen LogP contribution in [-0.2, 0) is 24.3 Å². The summed E-state index contributed by atoms with van der Waals surface area (Å²) in [6.45, 7) is 1.53. The van der Waals surface area contributed by atoms with E-state index in [2.05, 4.69) is 5.32 Å². The van der Waals surface area contributed by atoms with E-state index in [4.69, 9.17) is 9.47 Å². The molecule has 1 amide bonds. The molecule has 1 N–H and O–H groups in total. The van der Waals surface area contributed by atoms with Crippen LogP contribution < -0.4 is 5.32 Å². The molecule has 0 radical (unpaired) electrons. The predicted octanol–water partition coefficient (Wildman–Crippen LogP) is 2.09. The van der Waals surface area contributed by atoms with Gasteiger partial charge in [-0.05, 0) is 42.8 Å². The summed E-state index contributed by atoms with van der Waals surface area (Å²) in [5, 5.41) is 2.35. The van der Waals surface area contributed by atoms with E-state index >= 15 is 0 Å². The van der Waals surface area contributed by atoms with Gasteiger partial charge in [0.15, 0.2) is 6.61 Å². The molecule has 0 atom stereocenters. The SMILES string of the molecule is Cc1ccc(NC(=O)COC(=O)c2cc(S(=O)(=O)N3CCOCC3)ccc2F)cc1F. The van der Waals surface area contributed by atoms with Crippen LogP contribution in [0.25, 0.3) is 0 Å². The lowest BCUT2D eigenvalue weighted by atomic mass is 10.2. The van der Waals surface area contributed by atoms with E-state index in [0.29, 0.717) is 5.56 Å². The molecule has 8 nitrogen and oxygen atoms in total. The lowest BCUT2D eigenvalue weighted by Gasteiger charge is -2.26. The van der Waals surface area contributed by atoms with Gasteiger partial charge in [0, 0.05) is 18.8 Å². The van der Waals surface area contributed by atoms with Crippen LogP contribution in [0.2, 0.25) is 0 Å². The van der Waals surface area contributed by atoms with Gasteiger partial charge in [0.1, 0.15) is 11.6 Å². The van der Waals surface area contributed by atoms with E-state index in [1.807, 2.05) is 0 Å². The number of nitrogens with zero attached hydrogens (tertiary/aromatic N) is 1. The number of rotatable bonds is 6. The number of hydrogen-bond acceptors (Lipinski definition) is 6. The molecule has 2 aromatic rings. The van der Waals surface area contributed by atoms with Crippen LogP contribution in [0.3, 0.4) is 0 Å². The number of hydrogen-bond donors (Lipinski definition) is 1. The minimum absolute atomic E-state index is 0.138. The standard InChI is InChI=1S/C20H20F2N2O6S/c1-13-2-3-14(10-18(13)22)23-19(25)12-30-20(26)16-11-15(4-5-17(16)21)31(27,28)24-6-8-29-9-7-24/h2-5,10-11H,6-9,12H2,1H3,(H,23,25). The van der Waals surface area contributed by atoms with E-state index in [9.17, 15) is 26.8 Å². The Morgan fingerprint density at radius 2 is 1.81 bits per heavy atom. The summed E-state index contributed by atoms with van der Waals surface area (Å²) in [5.41, 5.74) is -0.0655. The average molecular weight is 454 g/mol. The van der Waals surface area contributed by atoms with Crippen molar-refractivity contribution in [3.63, 3.8) is 0 Å². The third-order valence-electron chi connectivity index (χ3n) is 4.56. The molecule has 31 heavy (non-hydrogen) atoms. The molecule has 2 aromatic carbocycles. The van der Waals surface area contributed by atoms with Gasteiger partial charge in [0.25, 0.3) is 5.91 Å². The number of carbonyl (C=O) groups is 2. The second-order valence-corrected chi connectivity index (χ2v) is 8.68. The number of halogens is 2. The quantitative estimate of drug-likeness (QED) is 0.671. The number of ether oxygens (including phenoxy) is 2. The molecule has 1 saturated heterocycles. The van der Waals surface area contributed by atoms with Crippen LogP contribution in [0.4, 0.5) is 14.5 Å². The summed E-state index contributed by atoms with van der Waals surface area (Å²) in [6.07, 6.45) is 0. The summed E-state index contributed by atoms with van der Waals surface area (Å²) in [4.78, 5) is 23.9. The second kappa shape index (κ2) is 9.50. The van der Waals surface area contributed by atoms with Crippen molar-refractivity contribution in [2.75, 3.05) is 38.2 Å². The average Bonchev–Trinajstić information content (AvgIpc) is 2.75. The van der Waals surface area contributed by atoms with Crippen molar-refractivity contribution in [3.05, 3.63) is 59.2 Å².